The second-order valence-electron chi connectivity index (χ2n) is 15.7. The zero-order valence-corrected chi connectivity index (χ0v) is 34.8. The minimum absolute atomic E-state index is 0.0547. The van der Waals surface area contributed by atoms with E-state index in [0.29, 0.717) is 0 Å². The van der Waals surface area contributed by atoms with Crippen LogP contribution in [0.3, 0.4) is 0 Å². The van der Waals surface area contributed by atoms with Gasteiger partial charge in [0.15, 0.2) is 12.5 Å². The molecule has 2 aromatic heterocycles. The number of hydrogen-bond acceptors (Lipinski definition) is 13. The van der Waals surface area contributed by atoms with E-state index in [1.54, 1.807) is 6.08 Å². The van der Waals surface area contributed by atoms with Crippen molar-refractivity contribution in [3.05, 3.63) is 91.5 Å². The smallest absolute Gasteiger partial charge is 0.335 e. The summed E-state index contributed by atoms with van der Waals surface area (Å²) in [4.78, 5) is 51.5. The number of aromatic amines is 2. The van der Waals surface area contributed by atoms with Gasteiger partial charge in [-0.1, -0.05) is 67.5 Å². The molecule has 308 valence electrons. The summed E-state index contributed by atoms with van der Waals surface area (Å²) in [6, 6.07) is 2.33. The molecule has 0 bridgehead atoms. The van der Waals surface area contributed by atoms with E-state index in [-0.39, 0.29) is 41.6 Å². The number of ether oxygens (including phenoxy) is 2. The Morgan fingerprint density at radius 3 is 1.67 bits per heavy atom. The maximum atomic E-state index is 12.7. The summed E-state index contributed by atoms with van der Waals surface area (Å²) in [5.41, 5.74) is -5.54. The number of aliphatic hydroxyl groups excluding tert-OH is 2. The SMILES string of the molecule is C=CC[C@]1(O)C(n2ccc(=O)[nH]c2=O)OC(CO)[C@H]1O.C=CC[C@]1(O)C(n2ccc(=O)[nH]c2=O)OC2CO[Si](C(C)C)(C(C)C)O[Si](C(C)C)(C(C)C)O[C@H]21. The Balaban J connectivity index is 0.000000284. The molecule has 17 nitrogen and oxygen atoms in total. The molecule has 0 aliphatic carbocycles. The maximum Gasteiger partial charge on any atom is 0.335 e. The van der Waals surface area contributed by atoms with Crippen molar-refractivity contribution < 1.29 is 42.9 Å². The fourth-order valence-electron chi connectivity index (χ4n) is 7.95. The largest absolute Gasteiger partial charge is 0.414 e. The van der Waals surface area contributed by atoms with Crippen LogP contribution in [-0.4, -0.2) is 105 Å². The summed E-state index contributed by atoms with van der Waals surface area (Å²) in [6.45, 7) is 23.9. The predicted octanol–water partition coefficient (Wildman–Crippen LogP) is 1.79. The van der Waals surface area contributed by atoms with Crippen molar-refractivity contribution in [1.82, 2.24) is 19.1 Å². The fraction of sp³-hybridized carbons (Fsp3) is 0.667. The van der Waals surface area contributed by atoms with Crippen LogP contribution in [0, 0.1) is 0 Å². The molecule has 0 aromatic carbocycles. The van der Waals surface area contributed by atoms with Gasteiger partial charge in [0.25, 0.3) is 11.1 Å². The lowest BCUT2D eigenvalue weighted by Gasteiger charge is -2.52. The highest BCUT2D eigenvalue weighted by molar-refractivity contribution is 6.84. The van der Waals surface area contributed by atoms with E-state index in [1.165, 1.54) is 22.9 Å². The van der Waals surface area contributed by atoms with Crippen LogP contribution in [0.15, 0.2) is 69.0 Å². The number of nitrogens with zero attached hydrogens (tertiary/aromatic N) is 2. The number of aliphatic hydroxyl groups is 4. The normalized spacial score (nSPS) is 31.5. The molecule has 0 amide bonds. The third kappa shape index (κ3) is 8.20. The zero-order valence-electron chi connectivity index (χ0n) is 32.8. The summed E-state index contributed by atoms with van der Waals surface area (Å²) >= 11 is 0. The van der Waals surface area contributed by atoms with Gasteiger partial charge in [0, 0.05) is 37.4 Å². The lowest BCUT2D eigenvalue weighted by Crippen LogP contribution is -2.67. The lowest BCUT2D eigenvalue weighted by atomic mass is 9.90. The van der Waals surface area contributed by atoms with Crippen LogP contribution in [0.4, 0.5) is 0 Å². The van der Waals surface area contributed by atoms with Gasteiger partial charge in [-0.05, 0) is 22.2 Å². The van der Waals surface area contributed by atoms with E-state index < -0.39 is 94.3 Å². The van der Waals surface area contributed by atoms with Gasteiger partial charge >= 0.3 is 28.5 Å². The topological polar surface area (TPSA) is 237 Å². The molecule has 19 heteroatoms. The molecule has 55 heavy (non-hydrogen) atoms. The highest BCUT2D eigenvalue weighted by atomic mass is 28.5. The second kappa shape index (κ2) is 17.2. The standard InChI is InChI=1S/C24H42N2O7Si2.C12H16N2O6/c1-10-12-24(29)21-19(31-22(24)26-13-11-20(27)25-23(26)28)14-30-34(15(2)3,16(4)5)33-35(32-21,17(6)7)18(8)9;1-2-4-12(19)9(17)7(6-15)20-10(12)14-5-3-8(16)13-11(14)18/h10-11,13,15-19,21-22,29H,1,12,14H2,2-9H3,(H,25,27,28);2-3,5,7,9-10,15,17,19H,1,4,6H2,(H,13,16,18)/t19?,21-,22?,24-;7?,9-,10?,12-/m11/s1. The molecule has 3 aliphatic heterocycles. The fourth-order valence-corrected chi connectivity index (χ4v) is 19.2. The Hall–Kier alpha value is -3.09. The third-order valence-electron chi connectivity index (χ3n) is 10.8. The summed E-state index contributed by atoms with van der Waals surface area (Å²) in [5, 5.41) is 41.9. The molecule has 4 unspecified atom stereocenters. The van der Waals surface area contributed by atoms with Crippen LogP contribution in [0.2, 0.25) is 22.2 Å². The van der Waals surface area contributed by atoms with Gasteiger partial charge in [-0.15, -0.1) is 13.2 Å². The first kappa shape index (κ1) is 44.6. The Morgan fingerprint density at radius 2 is 1.25 bits per heavy atom. The van der Waals surface area contributed by atoms with Crippen LogP contribution >= 0.6 is 0 Å². The van der Waals surface area contributed by atoms with E-state index in [4.69, 9.17) is 27.5 Å². The average molecular weight is 811 g/mol. The van der Waals surface area contributed by atoms with E-state index >= 15 is 0 Å². The number of H-pyrrole nitrogens is 2. The highest BCUT2D eigenvalue weighted by Gasteiger charge is 2.65. The van der Waals surface area contributed by atoms with Crippen molar-refractivity contribution in [2.24, 2.45) is 0 Å². The van der Waals surface area contributed by atoms with Crippen molar-refractivity contribution in [2.75, 3.05) is 13.2 Å². The summed E-state index contributed by atoms with van der Waals surface area (Å²) in [5.74, 6) is 0. The minimum atomic E-state index is -3.02. The first-order valence-corrected chi connectivity index (χ1v) is 22.5. The number of rotatable bonds is 11. The molecule has 0 spiro atoms. The molecule has 8 atom stereocenters. The molecule has 3 aliphatic rings. The molecular weight excluding hydrogens is 753 g/mol. The van der Waals surface area contributed by atoms with Gasteiger partial charge in [-0.3, -0.25) is 28.7 Å². The highest BCUT2D eigenvalue weighted by Crippen LogP contribution is 2.51. The second-order valence-corrected chi connectivity index (χ2v) is 24.5. The van der Waals surface area contributed by atoms with Crippen LogP contribution in [0.1, 0.15) is 80.7 Å². The van der Waals surface area contributed by atoms with Crippen molar-refractivity contribution in [2.45, 2.75) is 138 Å². The summed E-state index contributed by atoms with van der Waals surface area (Å²) < 4.78 is 34.8. The molecular formula is C36H58N4O13Si2. The number of aromatic nitrogens is 4. The molecule has 3 saturated heterocycles. The number of nitrogens with one attached hydrogen (secondary N) is 2. The van der Waals surface area contributed by atoms with E-state index in [1.807, 2.05) is 4.98 Å². The molecule has 2 aromatic rings. The van der Waals surface area contributed by atoms with E-state index in [9.17, 15) is 34.5 Å². The maximum absolute atomic E-state index is 12.7. The predicted molar refractivity (Wildman–Crippen MR) is 207 cm³/mol. The van der Waals surface area contributed by atoms with Gasteiger partial charge in [0.2, 0.25) is 0 Å². The minimum Gasteiger partial charge on any atom is -0.414 e. The number of fused-ring (bicyclic) bond motifs is 1. The Morgan fingerprint density at radius 1 is 0.800 bits per heavy atom. The Bertz CT molecular complexity index is 1880. The van der Waals surface area contributed by atoms with E-state index in [2.05, 4.69) is 73.5 Å². The van der Waals surface area contributed by atoms with Crippen LogP contribution in [-0.2, 0) is 22.4 Å². The zero-order chi connectivity index (χ0) is 41.3. The van der Waals surface area contributed by atoms with Gasteiger partial charge in [-0.2, -0.15) is 0 Å². The van der Waals surface area contributed by atoms with Gasteiger partial charge in [-0.25, -0.2) is 9.59 Å². The Labute approximate surface area is 321 Å². The summed E-state index contributed by atoms with van der Waals surface area (Å²) in [7, 11) is -5.81. The van der Waals surface area contributed by atoms with Crippen molar-refractivity contribution in [1.29, 1.82) is 0 Å². The molecule has 0 radical (unpaired) electrons. The van der Waals surface area contributed by atoms with Gasteiger partial charge in [0.1, 0.15) is 35.6 Å². The molecule has 6 N–H and O–H groups in total. The van der Waals surface area contributed by atoms with E-state index in [0.717, 1.165) is 16.8 Å². The Kier molecular flexibility index (Phi) is 13.9. The monoisotopic (exact) mass is 810 g/mol. The molecule has 5 rings (SSSR count). The van der Waals surface area contributed by atoms with Crippen molar-refractivity contribution in [3.8, 4) is 0 Å². The molecule has 0 saturated carbocycles. The van der Waals surface area contributed by atoms with Crippen molar-refractivity contribution in [3.63, 3.8) is 0 Å². The molecule has 5 heterocycles. The molecule has 3 fully saturated rings. The first-order chi connectivity index (χ1) is 25.7. The van der Waals surface area contributed by atoms with Crippen LogP contribution < -0.4 is 22.5 Å². The average Bonchev–Trinajstić information content (AvgIpc) is 3.49. The van der Waals surface area contributed by atoms with Crippen LogP contribution in [0.5, 0.6) is 0 Å². The van der Waals surface area contributed by atoms with Crippen LogP contribution in [0.25, 0.3) is 0 Å². The van der Waals surface area contributed by atoms with Gasteiger partial charge < -0.3 is 42.9 Å². The lowest BCUT2D eigenvalue weighted by molar-refractivity contribution is -0.108. The number of hydrogen-bond donors (Lipinski definition) is 6. The third-order valence-corrected chi connectivity index (χ3v) is 21.0. The van der Waals surface area contributed by atoms with Gasteiger partial charge in [0.05, 0.1) is 13.2 Å². The van der Waals surface area contributed by atoms with Crippen molar-refractivity contribution >= 4 is 17.1 Å². The first-order valence-electron chi connectivity index (χ1n) is 18.6. The summed E-state index contributed by atoms with van der Waals surface area (Å²) in [6.07, 6.45) is -0.696. The quantitative estimate of drug-likeness (QED) is 0.141.